The van der Waals surface area contributed by atoms with Crippen LogP contribution in [-0.4, -0.2) is 76.3 Å². The summed E-state index contributed by atoms with van der Waals surface area (Å²) in [4.78, 5) is 45.4. The molecule has 0 bridgehead atoms. The summed E-state index contributed by atoms with van der Waals surface area (Å²) in [6, 6.07) is 25.7. The third kappa shape index (κ3) is 6.70. The second-order valence-corrected chi connectivity index (χ2v) is 13.7. The average molecular weight is 663 g/mol. The molecule has 9 heteroatoms. The van der Waals surface area contributed by atoms with E-state index in [0.29, 0.717) is 35.1 Å². The van der Waals surface area contributed by atoms with Crippen molar-refractivity contribution in [2.24, 2.45) is 5.92 Å². The van der Waals surface area contributed by atoms with Gasteiger partial charge in [0.2, 0.25) is 0 Å². The molecule has 1 atom stereocenters. The van der Waals surface area contributed by atoms with E-state index in [1.54, 1.807) is 47.7 Å². The van der Waals surface area contributed by atoms with Crippen molar-refractivity contribution in [2.45, 2.75) is 31.7 Å². The van der Waals surface area contributed by atoms with Crippen molar-refractivity contribution in [1.29, 1.82) is 0 Å². The lowest BCUT2D eigenvalue weighted by molar-refractivity contribution is 0.0648. The summed E-state index contributed by atoms with van der Waals surface area (Å²) >= 11 is 1.71. The van der Waals surface area contributed by atoms with E-state index < -0.39 is 0 Å². The lowest BCUT2D eigenvalue weighted by atomic mass is 9.89. The Kier molecular flexibility index (Phi) is 9.50. The van der Waals surface area contributed by atoms with Crippen molar-refractivity contribution in [3.63, 3.8) is 0 Å². The molecule has 2 saturated heterocycles. The molecule has 3 aliphatic heterocycles. The Balaban J connectivity index is 0.000000669. The molecule has 5 heterocycles. The predicted octanol–water partition coefficient (Wildman–Crippen LogP) is 7.17. The van der Waals surface area contributed by atoms with Crippen molar-refractivity contribution >= 4 is 40.0 Å². The lowest BCUT2D eigenvalue weighted by Gasteiger charge is -2.33. The van der Waals surface area contributed by atoms with Crippen LogP contribution in [0.15, 0.2) is 102 Å². The number of nitrogens with zero attached hydrogens (tertiary/aromatic N) is 4. The number of rotatable bonds is 7. The first-order valence-electron chi connectivity index (χ1n) is 16.7. The van der Waals surface area contributed by atoms with E-state index >= 15 is 0 Å². The number of carbonyl (C=O) groups excluding carboxylic acids is 3. The Hall–Kier alpha value is -4.60. The highest BCUT2D eigenvalue weighted by atomic mass is 32.1. The molecule has 0 saturated carbocycles. The number of carbonyl (C=O) groups is 3. The molecule has 3 amide bonds. The van der Waals surface area contributed by atoms with Crippen molar-refractivity contribution in [2.75, 3.05) is 39.3 Å². The third-order valence-electron chi connectivity index (χ3n) is 9.91. The standard InChI is InChI=1S/C35H35FN4O3.C4H4S/c36-28-10-8-25(9-11-28)26-13-16-37(17-14-26)22-24-12-18-39(23-24)33(41)31-7-3-4-27-15-19-38(32(27)31)20-21-40-34(42)29-5-1-2-6-30(29)35(40)43;1-2-4-5-3-1/h1-11,15,19,24,26H,12-14,16-18,20-23H2;1-4H/t24-;/m1./s1. The van der Waals surface area contributed by atoms with Gasteiger partial charge in [-0.05, 0) is 96.9 Å². The smallest absolute Gasteiger partial charge is 0.261 e. The number of amides is 3. The second kappa shape index (κ2) is 14.3. The second-order valence-electron chi connectivity index (χ2n) is 12.9. The van der Waals surface area contributed by atoms with Crippen LogP contribution < -0.4 is 0 Å². The minimum absolute atomic E-state index is 0.0313. The molecule has 0 aliphatic carbocycles. The summed E-state index contributed by atoms with van der Waals surface area (Å²) in [5.41, 5.74) is 3.62. The number of benzene rings is 3. The quantitative estimate of drug-likeness (QED) is 0.174. The molecule has 7 nitrogen and oxygen atoms in total. The topological polar surface area (TPSA) is 65.9 Å². The maximum atomic E-state index is 13.8. The summed E-state index contributed by atoms with van der Waals surface area (Å²) in [6.45, 7) is 5.15. The zero-order valence-electron chi connectivity index (χ0n) is 26.8. The maximum absolute atomic E-state index is 13.8. The third-order valence-corrected chi connectivity index (χ3v) is 10.5. The van der Waals surface area contributed by atoms with E-state index in [1.807, 2.05) is 75.0 Å². The van der Waals surface area contributed by atoms with E-state index in [1.165, 1.54) is 10.5 Å². The number of thiophene rings is 1. The van der Waals surface area contributed by atoms with Crippen molar-refractivity contribution < 1.29 is 18.8 Å². The number of halogens is 1. The van der Waals surface area contributed by atoms with Crippen molar-refractivity contribution in [3.05, 3.63) is 130 Å². The number of likely N-dealkylation sites (tertiary alicyclic amines) is 2. The first-order chi connectivity index (χ1) is 23.5. The SMILES string of the molecule is O=C(c1cccc2ccn(CCN3C(=O)c4ccccc4C3=O)c12)N1CC[C@H](CN2CCC(c3ccc(F)cc3)CC2)C1.c1ccsc1. The largest absolute Gasteiger partial charge is 0.345 e. The van der Waals surface area contributed by atoms with Crippen molar-refractivity contribution in [3.8, 4) is 0 Å². The molecule has 0 spiro atoms. The molecule has 2 aromatic heterocycles. The van der Waals surface area contributed by atoms with Crippen LogP contribution in [0.4, 0.5) is 4.39 Å². The fourth-order valence-electron chi connectivity index (χ4n) is 7.38. The number of aromatic nitrogens is 1. The van der Waals surface area contributed by atoms with Gasteiger partial charge in [-0.15, -0.1) is 0 Å². The van der Waals surface area contributed by atoms with Gasteiger partial charge in [-0.3, -0.25) is 19.3 Å². The lowest BCUT2D eigenvalue weighted by Crippen LogP contribution is -2.38. The molecule has 3 aromatic carbocycles. The highest BCUT2D eigenvalue weighted by molar-refractivity contribution is 7.07. The van der Waals surface area contributed by atoms with Crippen LogP contribution in [0.3, 0.4) is 0 Å². The van der Waals surface area contributed by atoms with Gasteiger partial charge in [-0.1, -0.05) is 48.5 Å². The van der Waals surface area contributed by atoms with Crippen LogP contribution in [0.5, 0.6) is 0 Å². The minimum atomic E-state index is -0.267. The van der Waals surface area contributed by atoms with Gasteiger partial charge in [0.05, 0.1) is 22.2 Å². The normalized spacial score (nSPS) is 18.3. The molecular weight excluding hydrogens is 624 g/mol. The Morgan fingerprint density at radius 2 is 1.48 bits per heavy atom. The zero-order chi connectivity index (χ0) is 33.0. The minimum Gasteiger partial charge on any atom is -0.345 e. The molecular formula is C39H39FN4O3S. The van der Waals surface area contributed by atoms with E-state index in [0.717, 1.165) is 62.9 Å². The van der Waals surface area contributed by atoms with Crippen LogP contribution in [0.25, 0.3) is 10.9 Å². The van der Waals surface area contributed by atoms with Crippen molar-refractivity contribution in [1.82, 2.24) is 19.3 Å². The van der Waals surface area contributed by atoms with Crippen LogP contribution in [-0.2, 0) is 6.54 Å². The van der Waals surface area contributed by atoms with Gasteiger partial charge >= 0.3 is 0 Å². The summed E-state index contributed by atoms with van der Waals surface area (Å²) in [5.74, 6) is 0.224. The van der Waals surface area contributed by atoms with Crippen LogP contribution in [0.2, 0.25) is 0 Å². The molecule has 0 N–H and O–H groups in total. The first kappa shape index (κ1) is 32.0. The molecule has 246 valence electrons. The van der Waals surface area contributed by atoms with Crippen LogP contribution >= 0.6 is 11.3 Å². The van der Waals surface area contributed by atoms with Gasteiger partial charge in [0.15, 0.2) is 0 Å². The highest BCUT2D eigenvalue weighted by Gasteiger charge is 2.35. The van der Waals surface area contributed by atoms with Gasteiger partial charge < -0.3 is 14.4 Å². The maximum Gasteiger partial charge on any atom is 0.261 e. The Morgan fingerprint density at radius 3 is 2.15 bits per heavy atom. The molecule has 0 unspecified atom stereocenters. The number of imide groups is 1. The van der Waals surface area contributed by atoms with Gasteiger partial charge in [-0.25, -0.2) is 4.39 Å². The number of hydrogen-bond donors (Lipinski definition) is 0. The highest BCUT2D eigenvalue weighted by Crippen LogP contribution is 2.31. The zero-order valence-corrected chi connectivity index (χ0v) is 27.7. The first-order valence-corrected chi connectivity index (χ1v) is 17.7. The molecule has 8 rings (SSSR count). The van der Waals surface area contributed by atoms with Crippen LogP contribution in [0, 0.1) is 11.7 Å². The monoisotopic (exact) mass is 662 g/mol. The van der Waals surface area contributed by atoms with E-state index in [9.17, 15) is 18.8 Å². The Morgan fingerprint density at radius 1 is 0.771 bits per heavy atom. The summed E-state index contributed by atoms with van der Waals surface area (Å²) < 4.78 is 15.3. The summed E-state index contributed by atoms with van der Waals surface area (Å²) in [6.07, 6.45) is 5.06. The number of fused-ring (bicyclic) bond motifs is 2. The van der Waals surface area contributed by atoms with Gasteiger partial charge in [0.25, 0.3) is 17.7 Å². The number of para-hydroxylation sites is 1. The van der Waals surface area contributed by atoms with E-state index in [-0.39, 0.29) is 30.1 Å². The van der Waals surface area contributed by atoms with Gasteiger partial charge in [-0.2, -0.15) is 11.3 Å². The number of hydrogen-bond acceptors (Lipinski definition) is 5. The predicted molar refractivity (Wildman–Crippen MR) is 187 cm³/mol. The van der Waals surface area contributed by atoms with Crippen LogP contribution in [0.1, 0.15) is 61.8 Å². The van der Waals surface area contributed by atoms with Gasteiger partial charge in [0.1, 0.15) is 5.82 Å². The van der Waals surface area contributed by atoms with E-state index in [2.05, 4.69) is 4.90 Å². The molecule has 48 heavy (non-hydrogen) atoms. The molecule has 3 aliphatic rings. The molecule has 5 aromatic rings. The fourth-order valence-corrected chi connectivity index (χ4v) is 7.84. The molecule has 2 fully saturated rings. The summed E-state index contributed by atoms with van der Waals surface area (Å²) in [5, 5.41) is 5.05. The fraction of sp³-hybridized carbons (Fsp3) is 0.308. The van der Waals surface area contributed by atoms with Gasteiger partial charge in [0, 0.05) is 44.3 Å². The Labute approximate surface area is 284 Å². The van der Waals surface area contributed by atoms with E-state index in [4.69, 9.17) is 0 Å². The number of piperidine rings is 1. The average Bonchev–Trinajstić information content (AvgIpc) is 3.95. The summed E-state index contributed by atoms with van der Waals surface area (Å²) in [7, 11) is 0. The Bertz CT molecular complexity index is 1840. The molecule has 0 radical (unpaired) electrons.